The molecular formula is C14H21BrN2O. The minimum Gasteiger partial charge on any atom is -0.496 e. The fourth-order valence-corrected chi connectivity index (χ4v) is 3.20. The predicted octanol–water partition coefficient (Wildman–Crippen LogP) is 2.94. The summed E-state index contributed by atoms with van der Waals surface area (Å²) in [6, 6.07) is 6.98. The molecule has 2 unspecified atom stereocenters. The summed E-state index contributed by atoms with van der Waals surface area (Å²) in [6.07, 6.45) is 2.51. The quantitative estimate of drug-likeness (QED) is 0.929. The lowest BCUT2D eigenvalue weighted by Crippen LogP contribution is -2.36. The molecule has 0 radical (unpaired) electrons. The van der Waals surface area contributed by atoms with Gasteiger partial charge in [0, 0.05) is 22.6 Å². The number of rotatable bonds is 4. The molecule has 4 heteroatoms. The summed E-state index contributed by atoms with van der Waals surface area (Å²) in [5.74, 6) is 0.924. The molecule has 2 N–H and O–H groups in total. The van der Waals surface area contributed by atoms with Crippen LogP contribution < -0.4 is 10.5 Å². The molecule has 1 fully saturated rings. The Morgan fingerprint density at radius 1 is 1.56 bits per heavy atom. The van der Waals surface area contributed by atoms with Crippen LogP contribution in [0.4, 0.5) is 0 Å². The third kappa shape index (κ3) is 2.71. The molecule has 0 bridgehead atoms. The van der Waals surface area contributed by atoms with Gasteiger partial charge in [-0.05, 0) is 44.5 Å². The van der Waals surface area contributed by atoms with Crippen LogP contribution in [-0.4, -0.2) is 31.1 Å². The maximum Gasteiger partial charge on any atom is 0.123 e. The van der Waals surface area contributed by atoms with Crippen LogP contribution in [0.15, 0.2) is 22.7 Å². The van der Waals surface area contributed by atoms with E-state index in [1.54, 1.807) is 7.11 Å². The molecule has 1 aromatic rings. The molecule has 0 spiro atoms. The molecule has 0 aliphatic carbocycles. The van der Waals surface area contributed by atoms with Crippen molar-refractivity contribution in [3.8, 4) is 5.75 Å². The van der Waals surface area contributed by atoms with Gasteiger partial charge in [-0.15, -0.1) is 0 Å². The van der Waals surface area contributed by atoms with Crippen molar-refractivity contribution >= 4 is 15.9 Å². The summed E-state index contributed by atoms with van der Waals surface area (Å²) in [6.45, 7) is 4.02. The zero-order valence-corrected chi connectivity index (χ0v) is 12.6. The Balaban J connectivity index is 2.34. The maximum absolute atomic E-state index is 6.01. The number of methoxy groups -OCH3 is 1. The highest BCUT2D eigenvalue weighted by Gasteiger charge is 2.29. The Labute approximate surface area is 117 Å². The standard InChI is InChI=1S/C14H21BrN2O/c1-10-4-3-7-17(10)13(9-16)12-8-11(15)5-6-14(12)18-2/h5-6,8,10,13H,3-4,7,9,16H2,1-2H3. The third-order valence-corrected chi connectivity index (χ3v) is 4.27. The first-order chi connectivity index (χ1) is 8.67. The highest BCUT2D eigenvalue weighted by molar-refractivity contribution is 9.10. The lowest BCUT2D eigenvalue weighted by Gasteiger charge is -2.31. The minimum absolute atomic E-state index is 0.245. The second-order valence-corrected chi connectivity index (χ2v) is 5.78. The average Bonchev–Trinajstić information content (AvgIpc) is 2.77. The van der Waals surface area contributed by atoms with E-state index in [4.69, 9.17) is 10.5 Å². The Morgan fingerprint density at radius 3 is 2.89 bits per heavy atom. The molecule has 1 saturated heterocycles. The molecule has 0 amide bonds. The third-order valence-electron chi connectivity index (χ3n) is 3.78. The topological polar surface area (TPSA) is 38.5 Å². The first-order valence-electron chi connectivity index (χ1n) is 6.46. The molecule has 100 valence electrons. The Hall–Kier alpha value is -0.580. The van der Waals surface area contributed by atoms with Crippen molar-refractivity contribution in [2.24, 2.45) is 5.73 Å². The summed E-state index contributed by atoms with van der Waals surface area (Å²) < 4.78 is 6.55. The van der Waals surface area contributed by atoms with Crippen LogP contribution in [0.25, 0.3) is 0 Å². The van der Waals surface area contributed by atoms with Gasteiger partial charge in [-0.2, -0.15) is 0 Å². The van der Waals surface area contributed by atoms with Crippen LogP contribution in [0, 0.1) is 0 Å². The Kier molecular flexibility index (Phi) is 4.65. The van der Waals surface area contributed by atoms with E-state index >= 15 is 0 Å². The summed E-state index contributed by atoms with van der Waals surface area (Å²) in [5.41, 5.74) is 7.19. The summed E-state index contributed by atoms with van der Waals surface area (Å²) in [5, 5.41) is 0. The van der Waals surface area contributed by atoms with Crippen LogP contribution in [0.1, 0.15) is 31.4 Å². The molecule has 0 aromatic heterocycles. The first kappa shape index (κ1) is 13.8. The van der Waals surface area contributed by atoms with Crippen LogP contribution >= 0.6 is 15.9 Å². The predicted molar refractivity (Wildman–Crippen MR) is 77.9 cm³/mol. The van der Waals surface area contributed by atoms with E-state index in [0.717, 1.165) is 16.8 Å². The highest BCUT2D eigenvalue weighted by atomic mass is 79.9. The van der Waals surface area contributed by atoms with Crippen LogP contribution in [-0.2, 0) is 0 Å². The van der Waals surface area contributed by atoms with Gasteiger partial charge in [0.1, 0.15) is 5.75 Å². The van der Waals surface area contributed by atoms with E-state index in [1.807, 2.05) is 12.1 Å². The average molecular weight is 313 g/mol. The molecule has 2 atom stereocenters. The zero-order chi connectivity index (χ0) is 13.1. The van der Waals surface area contributed by atoms with E-state index in [1.165, 1.54) is 18.4 Å². The fourth-order valence-electron chi connectivity index (χ4n) is 2.83. The molecule has 1 heterocycles. The molecule has 2 rings (SSSR count). The summed E-state index contributed by atoms with van der Waals surface area (Å²) in [7, 11) is 1.72. The van der Waals surface area contributed by atoms with Crippen molar-refractivity contribution in [1.82, 2.24) is 4.90 Å². The molecule has 18 heavy (non-hydrogen) atoms. The first-order valence-corrected chi connectivity index (χ1v) is 7.26. The maximum atomic E-state index is 6.01. The van der Waals surface area contributed by atoms with Crippen molar-refractivity contribution in [3.63, 3.8) is 0 Å². The van der Waals surface area contributed by atoms with E-state index in [0.29, 0.717) is 12.6 Å². The van der Waals surface area contributed by atoms with Crippen molar-refractivity contribution in [2.45, 2.75) is 31.8 Å². The lowest BCUT2D eigenvalue weighted by atomic mass is 10.0. The van der Waals surface area contributed by atoms with Gasteiger partial charge < -0.3 is 10.5 Å². The monoisotopic (exact) mass is 312 g/mol. The molecule has 1 aliphatic heterocycles. The highest BCUT2D eigenvalue weighted by Crippen LogP contribution is 2.35. The van der Waals surface area contributed by atoms with Gasteiger partial charge in [0.15, 0.2) is 0 Å². The van der Waals surface area contributed by atoms with Gasteiger partial charge in [-0.3, -0.25) is 4.90 Å². The van der Waals surface area contributed by atoms with Gasteiger partial charge >= 0.3 is 0 Å². The Morgan fingerprint density at radius 2 is 2.33 bits per heavy atom. The largest absolute Gasteiger partial charge is 0.496 e. The van der Waals surface area contributed by atoms with Crippen molar-refractivity contribution in [2.75, 3.05) is 20.2 Å². The molecule has 3 nitrogen and oxygen atoms in total. The summed E-state index contributed by atoms with van der Waals surface area (Å²) >= 11 is 3.53. The lowest BCUT2D eigenvalue weighted by molar-refractivity contribution is 0.192. The van der Waals surface area contributed by atoms with Gasteiger partial charge in [0.25, 0.3) is 0 Å². The van der Waals surface area contributed by atoms with E-state index in [2.05, 4.69) is 33.8 Å². The van der Waals surface area contributed by atoms with Gasteiger partial charge in [-0.25, -0.2) is 0 Å². The fraction of sp³-hybridized carbons (Fsp3) is 0.571. The molecule has 0 saturated carbocycles. The van der Waals surface area contributed by atoms with Gasteiger partial charge in [-0.1, -0.05) is 15.9 Å². The van der Waals surface area contributed by atoms with E-state index in [-0.39, 0.29) is 6.04 Å². The van der Waals surface area contributed by atoms with Crippen molar-refractivity contribution in [1.29, 1.82) is 0 Å². The smallest absolute Gasteiger partial charge is 0.123 e. The number of likely N-dealkylation sites (tertiary alicyclic amines) is 1. The number of benzene rings is 1. The van der Waals surface area contributed by atoms with Gasteiger partial charge in [0.2, 0.25) is 0 Å². The molecule has 1 aromatic carbocycles. The SMILES string of the molecule is COc1ccc(Br)cc1C(CN)N1CCCC1C. The van der Waals surface area contributed by atoms with E-state index in [9.17, 15) is 0 Å². The minimum atomic E-state index is 0.245. The van der Waals surface area contributed by atoms with Crippen LogP contribution in [0.3, 0.4) is 0 Å². The molecular weight excluding hydrogens is 292 g/mol. The van der Waals surface area contributed by atoms with Crippen LogP contribution in [0.2, 0.25) is 0 Å². The second-order valence-electron chi connectivity index (χ2n) is 4.87. The van der Waals surface area contributed by atoms with Crippen molar-refractivity contribution < 1.29 is 4.74 Å². The number of nitrogens with two attached hydrogens (primary N) is 1. The van der Waals surface area contributed by atoms with E-state index < -0.39 is 0 Å². The Bertz CT molecular complexity index is 411. The number of nitrogens with zero attached hydrogens (tertiary/aromatic N) is 1. The number of halogens is 1. The van der Waals surface area contributed by atoms with Gasteiger partial charge in [0.05, 0.1) is 13.2 Å². The molecule has 1 aliphatic rings. The number of hydrogen-bond acceptors (Lipinski definition) is 3. The second kappa shape index (κ2) is 6.04. The number of hydrogen-bond donors (Lipinski definition) is 1. The summed E-state index contributed by atoms with van der Waals surface area (Å²) in [4.78, 5) is 2.49. The number of ether oxygens (including phenoxy) is 1. The normalized spacial score (nSPS) is 22.1. The van der Waals surface area contributed by atoms with Crippen LogP contribution in [0.5, 0.6) is 5.75 Å². The van der Waals surface area contributed by atoms with Crippen molar-refractivity contribution in [3.05, 3.63) is 28.2 Å². The zero-order valence-electron chi connectivity index (χ0n) is 11.0.